The van der Waals surface area contributed by atoms with Crippen LogP contribution in [0.2, 0.25) is 0 Å². The van der Waals surface area contributed by atoms with Crippen LogP contribution in [0.25, 0.3) is 0 Å². The fraction of sp³-hybridized carbons (Fsp3) is 0.643. The summed E-state index contributed by atoms with van der Waals surface area (Å²) in [5.74, 6) is 1.76. The molecule has 8 nitrogen and oxygen atoms in total. The molecule has 3 rings (SSSR count). The van der Waals surface area contributed by atoms with Crippen molar-refractivity contribution in [3.63, 3.8) is 0 Å². The van der Waals surface area contributed by atoms with E-state index in [-0.39, 0.29) is 11.9 Å². The number of nitrogens with zero attached hydrogens (tertiary/aromatic N) is 6. The highest BCUT2D eigenvalue weighted by Crippen LogP contribution is 2.26. The van der Waals surface area contributed by atoms with Crippen LogP contribution in [0.4, 0.5) is 5.82 Å². The number of fused-ring (bicyclic) bond motifs is 1. The second kappa shape index (κ2) is 5.86. The molecule has 0 bridgehead atoms. The zero-order valence-corrected chi connectivity index (χ0v) is 12.9. The smallest absolute Gasteiger partial charge is 0.358 e. The zero-order valence-electron chi connectivity index (χ0n) is 12.9. The molecule has 0 aliphatic carbocycles. The monoisotopic (exact) mass is 304 g/mol. The quantitative estimate of drug-likeness (QED) is 0.639. The van der Waals surface area contributed by atoms with Crippen LogP contribution in [0.1, 0.15) is 56.0 Å². The highest BCUT2D eigenvalue weighted by atomic mass is 16.6. The summed E-state index contributed by atoms with van der Waals surface area (Å²) in [5.41, 5.74) is 0.768. The van der Waals surface area contributed by atoms with Crippen LogP contribution >= 0.6 is 0 Å². The molecule has 0 N–H and O–H groups in total. The molecule has 1 aliphatic heterocycles. The van der Waals surface area contributed by atoms with Crippen LogP contribution in [-0.2, 0) is 13.0 Å². The summed E-state index contributed by atoms with van der Waals surface area (Å²) < 4.78 is 3.88. The number of aromatic nitrogens is 5. The molecule has 2 aromatic rings. The Bertz CT molecular complexity index is 690. The molecule has 0 saturated heterocycles. The van der Waals surface area contributed by atoms with Crippen molar-refractivity contribution in [2.75, 3.05) is 0 Å². The van der Waals surface area contributed by atoms with Crippen molar-refractivity contribution < 1.29 is 4.92 Å². The van der Waals surface area contributed by atoms with Gasteiger partial charge in [0.05, 0.1) is 16.9 Å². The molecular formula is C14H20N6O2. The largest absolute Gasteiger partial charge is 0.390 e. The number of aryl methyl sites for hydroxylation is 2. The first-order valence-electron chi connectivity index (χ1n) is 7.74. The van der Waals surface area contributed by atoms with Gasteiger partial charge in [-0.1, -0.05) is 13.3 Å². The van der Waals surface area contributed by atoms with Crippen molar-refractivity contribution in [2.45, 2.75) is 58.5 Å². The van der Waals surface area contributed by atoms with E-state index in [1.807, 2.05) is 13.8 Å². The van der Waals surface area contributed by atoms with E-state index < -0.39 is 4.92 Å². The van der Waals surface area contributed by atoms with Crippen LogP contribution in [0.15, 0.2) is 6.07 Å². The van der Waals surface area contributed by atoms with Gasteiger partial charge in [-0.15, -0.1) is 10.2 Å². The lowest BCUT2D eigenvalue weighted by Gasteiger charge is -2.15. The Morgan fingerprint density at radius 1 is 1.36 bits per heavy atom. The first-order valence-corrected chi connectivity index (χ1v) is 7.74. The van der Waals surface area contributed by atoms with Crippen molar-refractivity contribution in [1.29, 1.82) is 0 Å². The van der Waals surface area contributed by atoms with Gasteiger partial charge in [0, 0.05) is 13.0 Å². The minimum Gasteiger partial charge on any atom is -0.358 e. The summed E-state index contributed by atoms with van der Waals surface area (Å²) in [5, 5.41) is 23.8. The van der Waals surface area contributed by atoms with Crippen molar-refractivity contribution in [3.05, 3.63) is 33.5 Å². The first-order chi connectivity index (χ1) is 10.6. The molecule has 0 spiro atoms. The average Bonchev–Trinajstić information content (AvgIpc) is 2.98. The predicted molar refractivity (Wildman–Crippen MR) is 79.6 cm³/mol. The summed E-state index contributed by atoms with van der Waals surface area (Å²) >= 11 is 0. The minimum atomic E-state index is -0.458. The maximum atomic E-state index is 10.9. The topological polar surface area (TPSA) is 91.7 Å². The maximum Gasteiger partial charge on any atom is 0.390 e. The molecule has 118 valence electrons. The summed E-state index contributed by atoms with van der Waals surface area (Å²) in [4.78, 5) is 10.5. The highest BCUT2D eigenvalue weighted by Gasteiger charge is 2.28. The Hall–Kier alpha value is -2.25. The number of rotatable bonds is 4. The molecule has 1 atom stereocenters. The van der Waals surface area contributed by atoms with Crippen molar-refractivity contribution >= 4 is 5.82 Å². The van der Waals surface area contributed by atoms with Crippen LogP contribution in [0, 0.1) is 17.0 Å². The second-order valence-corrected chi connectivity index (χ2v) is 5.71. The van der Waals surface area contributed by atoms with E-state index in [9.17, 15) is 10.1 Å². The van der Waals surface area contributed by atoms with E-state index >= 15 is 0 Å². The summed E-state index contributed by atoms with van der Waals surface area (Å²) in [6.07, 6.45) is 5.17. The molecule has 2 aromatic heterocycles. The number of nitro groups is 1. The van der Waals surface area contributed by atoms with Crippen molar-refractivity contribution in [1.82, 2.24) is 24.5 Å². The molecule has 0 radical (unpaired) electrons. The molecule has 0 amide bonds. The standard InChI is InChI=1S/C14H20N6O2/c1-3-11(19-10(2)9-13(17-19)20(21)22)14-16-15-12-7-5-4-6-8-18(12)14/h9,11H,3-8H2,1-2H3/t11-/m1/s1. The van der Waals surface area contributed by atoms with Gasteiger partial charge >= 0.3 is 5.82 Å². The number of hydrogen-bond donors (Lipinski definition) is 0. The van der Waals surface area contributed by atoms with E-state index in [2.05, 4.69) is 19.9 Å². The van der Waals surface area contributed by atoms with E-state index in [1.54, 1.807) is 4.68 Å². The van der Waals surface area contributed by atoms with E-state index in [0.717, 1.165) is 49.6 Å². The SMILES string of the molecule is CC[C@H](c1nnc2n1CCCCC2)n1nc([N+](=O)[O-])cc1C. The fourth-order valence-corrected chi connectivity index (χ4v) is 3.09. The molecule has 1 aliphatic rings. The summed E-state index contributed by atoms with van der Waals surface area (Å²) in [6.45, 7) is 4.79. The molecular weight excluding hydrogens is 284 g/mol. The molecule has 0 aromatic carbocycles. The molecule has 3 heterocycles. The van der Waals surface area contributed by atoms with Gasteiger partial charge in [0.25, 0.3) is 0 Å². The average molecular weight is 304 g/mol. The first kappa shape index (κ1) is 14.7. The van der Waals surface area contributed by atoms with Gasteiger partial charge in [-0.3, -0.25) is 0 Å². The van der Waals surface area contributed by atoms with Crippen LogP contribution in [-0.4, -0.2) is 29.5 Å². The molecule has 22 heavy (non-hydrogen) atoms. The number of hydrogen-bond acceptors (Lipinski definition) is 5. The molecule has 0 unspecified atom stereocenters. The lowest BCUT2D eigenvalue weighted by Crippen LogP contribution is -2.19. The van der Waals surface area contributed by atoms with Gasteiger partial charge in [0.1, 0.15) is 11.9 Å². The van der Waals surface area contributed by atoms with Crippen molar-refractivity contribution in [3.8, 4) is 0 Å². The summed E-state index contributed by atoms with van der Waals surface area (Å²) in [7, 11) is 0. The van der Waals surface area contributed by atoms with E-state index in [1.165, 1.54) is 12.5 Å². The molecule has 8 heteroatoms. The summed E-state index contributed by atoms with van der Waals surface area (Å²) in [6, 6.07) is 1.38. The third-order valence-corrected chi connectivity index (χ3v) is 4.21. The van der Waals surface area contributed by atoms with E-state index in [0.29, 0.717) is 0 Å². The van der Waals surface area contributed by atoms with Crippen LogP contribution in [0.3, 0.4) is 0 Å². The second-order valence-electron chi connectivity index (χ2n) is 5.71. The van der Waals surface area contributed by atoms with Gasteiger partial charge in [-0.05, 0) is 31.1 Å². The van der Waals surface area contributed by atoms with Gasteiger partial charge in [-0.25, -0.2) is 0 Å². The normalized spacial score (nSPS) is 16.1. The Kier molecular flexibility index (Phi) is 3.91. The van der Waals surface area contributed by atoms with Crippen LogP contribution < -0.4 is 0 Å². The molecule has 0 fully saturated rings. The third kappa shape index (κ3) is 2.49. The third-order valence-electron chi connectivity index (χ3n) is 4.21. The highest BCUT2D eigenvalue weighted by molar-refractivity contribution is 5.22. The maximum absolute atomic E-state index is 10.9. The minimum absolute atomic E-state index is 0.118. The fourth-order valence-electron chi connectivity index (χ4n) is 3.09. The predicted octanol–water partition coefficient (Wildman–Crippen LogP) is 2.42. The van der Waals surface area contributed by atoms with Gasteiger partial charge in [-0.2, -0.15) is 4.68 Å². The van der Waals surface area contributed by atoms with Crippen molar-refractivity contribution in [2.24, 2.45) is 0 Å². The molecule has 0 saturated carbocycles. The Morgan fingerprint density at radius 2 is 2.18 bits per heavy atom. The Labute approximate surface area is 128 Å². The van der Waals surface area contributed by atoms with Gasteiger partial charge < -0.3 is 14.7 Å². The lowest BCUT2D eigenvalue weighted by molar-refractivity contribution is -0.389. The van der Waals surface area contributed by atoms with Gasteiger partial charge in [0.15, 0.2) is 5.82 Å². The lowest BCUT2D eigenvalue weighted by atomic mass is 10.2. The van der Waals surface area contributed by atoms with Crippen LogP contribution in [0.5, 0.6) is 0 Å². The van der Waals surface area contributed by atoms with E-state index in [4.69, 9.17) is 0 Å². The zero-order chi connectivity index (χ0) is 15.7. The van der Waals surface area contributed by atoms with Gasteiger partial charge in [0.2, 0.25) is 0 Å². The Balaban J connectivity index is 2.01. The Morgan fingerprint density at radius 3 is 2.86 bits per heavy atom.